The third kappa shape index (κ3) is 4.79. The van der Waals surface area contributed by atoms with Crippen molar-refractivity contribution in [1.29, 1.82) is 0 Å². The van der Waals surface area contributed by atoms with E-state index in [2.05, 4.69) is 72.4 Å². The van der Waals surface area contributed by atoms with E-state index >= 15 is 0 Å². The van der Waals surface area contributed by atoms with E-state index in [1.165, 1.54) is 11.1 Å². The molecule has 2 heterocycles. The van der Waals surface area contributed by atoms with Crippen LogP contribution in [-0.2, 0) is 18.9 Å². The fourth-order valence-corrected chi connectivity index (χ4v) is 4.99. The summed E-state index contributed by atoms with van der Waals surface area (Å²) in [4.78, 5) is 16.3. The normalized spacial score (nSPS) is 19.7. The first-order valence-electron chi connectivity index (χ1n) is 12.2. The number of aromatic nitrogens is 2. The van der Waals surface area contributed by atoms with Crippen LogP contribution in [0, 0.1) is 0 Å². The maximum Gasteiger partial charge on any atom is 0.191 e. The van der Waals surface area contributed by atoms with Gasteiger partial charge in [-0.25, -0.2) is 0 Å². The third-order valence-electron chi connectivity index (χ3n) is 6.73. The number of fused-ring (bicyclic) bond motifs is 1. The lowest BCUT2D eigenvalue weighted by Crippen LogP contribution is -2.53. The molecule has 0 saturated heterocycles. The predicted molar refractivity (Wildman–Crippen MR) is 141 cm³/mol. The van der Waals surface area contributed by atoms with Crippen molar-refractivity contribution in [1.82, 2.24) is 4.57 Å². The van der Waals surface area contributed by atoms with Gasteiger partial charge in [0.1, 0.15) is 12.4 Å². The van der Waals surface area contributed by atoms with Gasteiger partial charge in [0.15, 0.2) is 5.91 Å². The van der Waals surface area contributed by atoms with Crippen LogP contribution in [0.2, 0.25) is 5.82 Å². The van der Waals surface area contributed by atoms with Crippen LogP contribution in [0.4, 0.5) is 5.69 Å². The summed E-state index contributed by atoms with van der Waals surface area (Å²) in [6.07, 6.45) is 11.4. The highest BCUT2D eigenvalue weighted by Gasteiger charge is 2.32. The Hall–Kier alpha value is -3.34. The molecule has 1 aromatic heterocycles. The molecule has 2 aromatic carbocycles. The number of hydrogen-bond donors (Lipinski definition) is 0. The van der Waals surface area contributed by atoms with Crippen LogP contribution in [-0.4, -0.2) is 24.3 Å². The summed E-state index contributed by atoms with van der Waals surface area (Å²) in [5.74, 6) is -0.293. The maximum atomic E-state index is 14.4. The molecule has 0 bridgehead atoms. The molecule has 2 radical (unpaired) electrons. The molecule has 4 nitrogen and oxygen atoms in total. The lowest BCUT2D eigenvalue weighted by Gasteiger charge is -2.41. The number of para-hydroxylation sites is 1. The molecule has 34 heavy (non-hydrogen) atoms. The van der Waals surface area contributed by atoms with Gasteiger partial charge in [-0.2, -0.15) is 7.28 Å². The highest BCUT2D eigenvalue weighted by Crippen LogP contribution is 2.43. The molecule has 0 aliphatic carbocycles. The van der Waals surface area contributed by atoms with Crippen LogP contribution in [0.25, 0.3) is 6.08 Å². The van der Waals surface area contributed by atoms with Crippen LogP contribution < -0.4 is 15.2 Å². The summed E-state index contributed by atoms with van der Waals surface area (Å²) in [6, 6.07) is 18.7. The Balaban J connectivity index is 1.95. The summed E-state index contributed by atoms with van der Waals surface area (Å²) >= 11 is 0. The SMILES string of the molecule is C=CCN1C(=O)[C@H]([B-]c2n(C)cc[n+]2C)[C@@H](c2ccccc2)/C(CCCC)=C\c2ccccc21. The van der Waals surface area contributed by atoms with Crippen molar-refractivity contribution in [3.63, 3.8) is 0 Å². The van der Waals surface area contributed by atoms with Crippen molar-refractivity contribution in [3.8, 4) is 0 Å². The van der Waals surface area contributed by atoms with Gasteiger partial charge in [-0.1, -0.05) is 79.6 Å². The van der Waals surface area contributed by atoms with Crippen LogP contribution in [0.5, 0.6) is 0 Å². The van der Waals surface area contributed by atoms with Gasteiger partial charge in [0, 0.05) is 12.3 Å². The second-order valence-electron chi connectivity index (χ2n) is 9.08. The van der Waals surface area contributed by atoms with Crippen molar-refractivity contribution >= 4 is 30.7 Å². The number of imidazole rings is 1. The van der Waals surface area contributed by atoms with Gasteiger partial charge in [-0.05, 0) is 36.0 Å². The molecule has 4 rings (SSSR count). The number of nitrogens with zero attached hydrogens (tertiary/aromatic N) is 3. The Morgan fingerprint density at radius 1 is 1.12 bits per heavy atom. The van der Waals surface area contributed by atoms with Crippen molar-refractivity contribution in [3.05, 3.63) is 96.3 Å². The second kappa shape index (κ2) is 10.7. The number of unbranched alkanes of at least 4 members (excludes halogenated alkanes) is 1. The third-order valence-corrected chi connectivity index (χ3v) is 6.73. The molecule has 5 heteroatoms. The van der Waals surface area contributed by atoms with Gasteiger partial charge in [0.2, 0.25) is 0 Å². The Morgan fingerprint density at radius 2 is 1.85 bits per heavy atom. The van der Waals surface area contributed by atoms with E-state index in [4.69, 9.17) is 0 Å². The summed E-state index contributed by atoms with van der Waals surface area (Å²) in [5, 5.41) is 0. The molecule has 0 saturated carbocycles. The first-order valence-corrected chi connectivity index (χ1v) is 12.2. The van der Waals surface area contributed by atoms with Gasteiger partial charge in [0.25, 0.3) is 0 Å². The average molecular weight is 451 g/mol. The van der Waals surface area contributed by atoms with Crippen molar-refractivity contribution in [2.45, 2.75) is 37.9 Å². The average Bonchev–Trinajstić information content (AvgIpc) is 3.17. The monoisotopic (exact) mass is 451 g/mol. The van der Waals surface area contributed by atoms with Gasteiger partial charge in [0.05, 0.1) is 19.8 Å². The zero-order valence-electron chi connectivity index (χ0n) is 20.5. The summed E-state index contributed by atoms with van der Waals surface area (Å²) < 4.78 is 4.16. The Kier molecular flexibility index (Phi) is 7.51. The van der Waals surface area contributed by atoms with Crippen molar-refractivity contribution in [2.24, 2.45) is 14.1 Å². The molecular formula is C29H34BN3O. The zero-order chi connectivity index (χ0) is 24.1. The molecule has 3 aromatic rings. The minimum absolute atomic E-state index is 0.0455. The van der Waals surface area contributed by atoms with E-state index in [1.807, 2.05) is 55.7 Å². The molecule has 0 spiro atoms. The molecule has 1 amide bonds. The van der Waals surface area contributed by atoms with Gasteiger partial charge in [-0.3, -0.25) is 13.9 Å². The van der Waals surface area contributed by atoms with Crippen molar-refractivity contribution < 1.29 is 9.36 Å². The number of rotatable bonds is 8. The molecule has 2 atom stereocenters. The summed E-state index contributed by atoms with van der Waals surface area (Å²) in [6.45, 7) is 6.64. The van der Waals surface area contributed by atoms with Gasteiger partial charge in [-0.15, -0.1) is 12.4 Å². The summed E-state index contributed by atoms with van der Waals surface area (Å²) in [7, 11) is 6.21. The number of benzene rings is 2. The molecule has 0 N–H and O–H groups in total. The van der Waals surface area contributed by atoms with Crippen LogP contribution in [0.1, 0.15) is 43.2 Å². The minimum Gasteiger partial charge on any atom is -0.311 e. The number of amides is 1. The number of aryl methyl sites for hydroxylation is 2. The van der Waals surface area contributed by atoms with Crippen LogP contribution in [0.3, 0.4) is 0 Å². The van der Waals surface area contributed by atoms with E-state index < -0.39 is 0 Å². The lowest BCUT2D eigenvalue weighted by atomic mass is 9.54. The molecule has 1 aliphatic rings. The molecule has 1 aliphatic heterocycles. The smallest absolute Gasteiger partial charge is 0.191 e. The molecule has 0 unspecified atom stereocenters. The zero-order valence-corrected chi connectivity index (χ0v) is 20.5. The lowest BCUT2D eigenvalue weighted by molar-refractivity contribution is -0.653. The van der Waals surface area contributed by atoms with Gasteiger partial charge < -0.3 is 4.90 Å². The largest absolute Gasteiger partial charge is 0.311 e. The van der Waals surface area contributed by atoms with E-state index in [9.17, 15) is 4.79 Å². The fourth-order valence-electron chi connectivity index (χ4n) is 4.99. The van der Waals surface area contributed by atoms with E-state index in [-0.39, 0.29) is 17.6 Å². The Bertz CT molecular complexity index is 1160. The van der Waals surface area contributed by atoms with Crippen molar-refractivity contribution in [2.75, 3.05) is 11.4 Å². The quantitative estimate of drug-likeness (QED) is 0.281. The first kappa shape index (κ1) is 23.8. The standard InChI is InChI=1S/C29H34BN3O/c1-5-7-13-24-21-23-16-11-12-17-25(23)33(18-6-2)28(34)27(26(24)22-14-9-8-10-15-22)30-29-31(3)19-20-32(29)4/h6,8-12,14-17,19-21,26-27H,2,5,7,13,18H2,1,3-4H3/b24-21-/t26-,27+/m0/s1. The minimum atomic E-state index is -0.349. The molecule has 174 valence electrons. The predicted octanol–water partition coefficient (Wildman–Crippen LogP) is 4.56. The second-order valence-corrected chi connectivity index (χ2v) is 9.08. The van der Waals surface area contributed by atoms with E-state index in [0.717, 1.165) is 36.2 Å². The maximum absolute atomic E-state index is 14.4. The van der Waals surface area contributed by atoms with Crippen LogP contribution >= 0.6 is 0 Å². The first-order chi connectivity index (χ1) is 16.5. The number of carbonyl (C=O) groups excluding carboxylic acids is 1. The molecule has 0 fully saturated rings. The van der Waals surface area contributed by atoms with E-state index in [1.54, 1.807) is 0 Å². The highest BCUT2D eigenvalue weighted by molar-refractivity contribution is 6.57. The Labute approximate surface area is 204 Å². The summed E-state index contributed by atoms with van der Waals surface area (Å²) in [5.41, 5.74) is 5.54. The fraction of sp³-hybridized carbons (Fsp3) is 0.310. The number of hydrogen-bond acceptors (Lipinski definition) is 1. The highest BCUT2D eigenvalue weighted by atomic mass is 16.2. The number of anilines is 1. The van der Waals surface area contributed by atoms with Crippen LogP contribution in [0.15, 0.2) is 85.2 Å². The number of allylic oxidation sites excluding steroid dienone is 1. The number of carbonyl (C=O) groups is 1. The van der Waals surface area contributed by atoms with E-state index in [0.29, 0.717) is 6.54 Å². The Morgan fingerprint density at radius 3 is 2.53 bits per heavy atom. The van der Waals surface area contributed by atoms with Gasteiger partial charge >= 0.3 is 0 Å². The molecular weight excluding hydrogens is 417 g/mol. The topological polar surface area (TPSA) is 29.1 Å².